The van der Waals surface area contributed by atoms with Crippen LogP contribution in [-0.4, -0.2) is 34.7 Å². The lowest BCUT2D eigenvalue weighted by Crippen LogP contribution is -2.22. The van der Waals surface area contributed by atoms with Crippen LogP contribution in [0.25, 0.3) is 0 Å². The van der Waals surface area contributed by atoms with Crippen LogP contribution in [0.5, 0.6) is 0 Å². The zero-order valence-corrected chi connectivity index (χ0v) is 10.5. The van der Waals surface area contributed by atoms with Crippen molar-refractivity contribution in [2.75, 3.05) is 17.7 Å². The second kappa shape index (κ2) is 6.24. The highest BCUT2D eigenvalue weighted by molar-refractivity contribution is 6.18. The Labute approximate surface area is 110 Å². The van der Waals surface area contributed by atoms with Crippen LogP contribution in [0.2, 0.25) is 0 Å². The van der Waals surface area contributed by atoms with Gasteiger partial charge in [-0.15, -0.1) is 11.6 Å². The summed E-state index contributed by atoms with van der Waals surface area (Å²) in [5, 5.41) is 30.1. The topological polar surface area (TPSA) is 93.4 Å². The Morgan fingerprint density at radius 3 is 2.78 bits per heavy atom. The van der Waals surface area contributed by atoms with Crippen LogP contribution in [0.4, 0.5) is 5.69 Å². The van der Waals surface area contributed by atoms with Gasteiger partial charge in [-0.2, -0.15) is 5.26 Å². The third-order valence-electron chi connectivity index (χ3n) is 2.39. The van der Waals surface area contributed by atoms with E-state index in [9.17, 15) is 9.90 Å². The molecule has 0 saturated carbocycles. The van der Waals surface area contributed by atoms with E-state index in [1.165, 1.54) is 6.07 Å². The summed E-state index contributed by atoms with van der Waals surface area (Å²) in [5.74, 6) is -1.07. The van der Waals surface area contributed by atoms with Crippen molar-refractivity contribution in [1.82, 2.24) is 0 Å². The quantitative estimate of drug-likeness (QED) is 0.705. The minimum Gasteiger partial charge on any atom is -0.478 e. The van der Waals surface area contributed by atoms with Gasteiger partial charge in [0.15, 0.2) is 0 Å². The lowest BCUT2D eigenvalue weighted by Gasteiger charge is -2.15. The van der Waals surface area contributed by atoms with Gasteiger partial charge in [0.2, 0.25) is 0 Å². The van der Waals surface area contributed by atoms with Gasteiger partial charge in [-0.25, -0.2) is 4.79 Å². The molecular weight excluding hydrogens is 256 g/mol. The lowest BCUT2D eigenvalue weighted by atomic mass is 10.0. The van der Waals surface area contributed by atoms with Gasteiger partial charge in [-0.3, -0.25) is 0 Å². The zero-order valence-electron chi connectivity index (χ0n) is 9.77. The largest absolute Gasteiger partial charge is 0.478 e. The molecule has 1 unspecified atom stereocenters. The van der Waals surface area contributed by atoms with Gasteiger partial charge in [0.05, 0.1) is 34.9 Å². The number of nitrogens with one attached hydrogen (secondary N) is 1. The molecule has 0 saturated heterocycles. The van der Waals surface area contributed by atoms with Gasteiger partial charge >= 0.3 is 5.97 Å². The fourth-order valence-electron chi connectivity index (χ4n) is 1.53. The van der Waals surface area contributed by atoms with Crippen molar-refractivity contribution in [3.8, 4) is 6.07 Å². The van der Waals surface area contributed by atoms with E-state index in [0.717, 1.165) is 0 Å². The Morgan fingerprint density at radius 1 is 1.61 bits per heavy atom. The highest BCUT2D eigenvalue weighted by Gasteiger charge is 2.15. The van der Waals surface area contributed by atoms with Crippen molar-refractivity contribution < 1.29 is 15.0 Å². The first kappa shape index (κ1) is 14.3. The van der Waals surface area contributed by atoms with Gasteiger partial charge in [-0.1, -0.05) is 0 Å². The normalized spacial score (nSPS) is 11.7. The summed E-state index contributed by atoms with van der Waals surface area (Å²) >= 11 is 5.46. The SMILES string of the molecule is Cc1cc(C#N)cc(C(=O)O)c1NCC(O)CCl. The van der Waals surface area contributed by atoms with Crippen LogP contribution in [0.1, 0.15) is 21.5 Å². The van der Waals surface area contributed by atoms with Crippen molar-refractivity contribution in [3.63, 3.8) is 0 Å². The average Bonchev–Trinajstić information content (AvgIpc) is 2.35. The monoisotopic (exact) mass is 268 g/mol. The molecule has 96 valence electrons. The number of nitriles is 1. The number of aromatic carboxylic acids is 1. The van der Waals surface area contributed by atoms with Crippen LogP contribution in [0.15, 0.2) is 12.1 Å². The van der Waals surface area contributed by atoms with E-state index in [4.69, 9.17) is 22.0 Å². The highest BCUT2D eigenvalue weighted by atomic mass is 35.5. The summed E-state index contributed by atoms with van der Waals surface area (Å²) in [6, 6.07) is 4.79. The minimum atomic E-state index is -1.13. The molecule has 0 heterocycles. The van der Waals surface area contributed by atoms with E-state index in [1.54, 1.807) is 13.0 Å². The summed E-state index contributed by atoms with van der Waals surface area (Å²) in [4.78, 5) is 11.1. The molecule has 0 spiro atoms. The number of nitrogens with zero attached hydrogens (tertiary/aromatic N) is 1. The molecule has 0 amide bonds. The molecule has 0 aromatic heterocycles. The van der Waals surface area contributed by atoms with E-state index in [1.807, 2.05) is 6.07 Å². The number of carbonyl (C=O) groups is 1. The number of anilines is 1. The van der Waals surface area contributed by atoms with Crippen LogP contribution < -0.4 is 5.32 Å². The molecule has 5 nitrogen and oxygen atoms in total. The van der Waals surface area contributed by atoms with Gasteiger partial charge in [0.25, 0.3) is 0 Å². The Balaban J connectivity index is 3.09. The molecule has 3 N–H and O–H groups in total. The first-order valence-corrected chi connectivity index (χ1v) is 5.79. The van der Waals surface area contributed by atoms with E-state index in [2.05, 4.69) is 5.32 Å². The van der Waals surface area contributed by atoms with Crippen molar-refractivity contribution in [2.45, 2.75) is 13.0 Å². The minimum absolute atomic E-state index is 0.00771. The molecule has 0 fully saturated rings. The number of benzene rings is 1. The lowest BCUT2D eigenvalue weighted by molar-refractivity contribution is 0.0697. The maximum absolute atomic E-state index is 11.1. The van der Waals surface area contributed by atoms with Gasteiger partial charge < -0.3 is 15.5 Å². The number of hydrogen-bond donors (Lipinski definition) is 3. The fourth-order valence-corrected chi connectivity index (χ4v) is 1.64. The number of aliphatic hydroxyl groups excluding tert-OH is 1. The van der Waals surface area contributed by atoms with E-state index in [0.29, 0.717) is 11.3 Å². The maximum atomic E-state index is 11.1. The predicted molar refractivity (Wildman–Crippen MR) is 68.1 cm³/mol. The number of carboxylic acid groups (broad SMARTS) is 1. The molecule has 1 rings (SSSR count). The van der Waals surface area contributed by atoms with Crippen molar-refractivity contribution in [2.24, 2.45) is 0 Å². The van der Waals surface area contributed by atoms with Crippen molar-refractivity contribution in [3.05, 3.63) is 28.8 Å². The van der Waals surface area contributed by atoms with Crippen LogP contribution in [0, 0.1) is 18.3 Å². The molecule has 0 radical (unpaired) electrons. The second-order valence-corrected chi connectivity index (χ2v) is 4.13. The average molecular weight is 269 g/mol. The standard InChI is InChI=1S/C12H13ClN2O3/c1-7-2-8(5-14)3-10(12(17)18)11(7)15-6-9(16)4-13/h2-3,9,15-16H,4,6H2,1H3,(H,17,18). The molecule has 1 atom stereocenters. The van der Waals surface area contributed by atoms with Gasteiger partial charge in [0, 0.05) is 6.54 Å². The molecule has 0 aliphatic carbocycles. The Morgan fingerprint density at radius 2 is 2.28 bits per heavy atom. The molecule has 0 aliphatic rings. The summed E-state index contributed by atoms with van der Waals surface area (Å²) in [6.07, 6.45) is -0.761. The number of rotatable bonds is 5. The highest BCUT2D eigenvalue weighted by Crippen LogP contribution is 2.23. The Bertz CT molecular complexity index is 497. The number of hydrogen-bond acceptors (Lipinski definition) is 4. The smallest absolute Gasteiger partial charge is 0.337 e. The van der Waals surface area contributed by atoms with E-state index >= 15 is 0 Å². The molecule has 1 aromatic carbocycles. The maximum Gasteiger partial charge on any atom is 0.337 e. The van der Waals surface area contributed by atoms with Crippen LogP contribution >= 0.6 is 11.6 Å². The summed E-state index contributed by atoms with van der Waals surface area (Å²) in [5.41, 5.74) is 1.32. The third kappa shape index (κ3) is 3.36. The van der Waals surface area contributed by atoms with Crippen LogP contribution in [0.3, 0.4) is 0 Å². The number of aryl methyl sites for hydroxylation is 1. The van der Waals surface area contributed by atoms with E-state index < -0.39 is 12.1 Å². The summed E-state index contributed by atoms with van der Waals surface area (Å²) < 4.78 is 0. The number of aliphatic hydroxyl groups is 1. The molecule has 18 heavy (non-hydrogen) atoms. The fraction of sp³-hybridized carbons (Fsp3) is 0.333. The Hall–Kier alpha value is -1.77. The number of alkyl halides is 1. The van der Waals surface area contributed by atoms with Crippen molar-refractivity contribution >= 4 is 23.3 Å². The number of halogens is 1. The zero-order chi connectivity index (χ0) is 13.7. The van der Waals surface area contributed by atoms with Gasteiger partial charge in [0.1, 0.15) is 0 Å². The molecule has 0 bridgehead atoms. The van der Waals surface area contributed by atoms with Crippen LogP contribution in [-0.2, 0) is 0 Å². The molecular formula is C12H13ClN2O3. The van der Waals surface area contributed by atoms with E-state index in [-0.39, 0.29) is 23.6 Å². The third-order valence-corrected chi connectivity index (χ3v) is 2.74. The predicted octanol–water partition coefficient (Wildman–Crippen LogP) is 1.58. The van der Waals surface area contributed by atoms with Crippen molar-refractivity contribution in [1.29, 1.82) is 5.26 Å². The first-order valence-electron chi connectivity index (χ1n) is 5.25. The first-order chi connectivity index (χ1) is 8.49. The Kier molecular flexibility index (Phi) is 4.95. The van der Waals surface area contributed by atoms with Gasteiger partial charge in [-0.05, 0) is 24.6 Å². The molecule has 6 heteroatoms. The summed E-state index contributed by atoms with van der Waals surface area (Å²) in [7, 11) is 0. The molecule has 0 aliphatic heterocycles. The second-order valence-electron chi connectivity index (χ2n) is 3.82. The summed E-state index contributed by atoms with van der Waals surface area (Å²) in [6.45, 7) is 1.85. The number of carboxylic acids is 1. The molecule has 1 aromatic rings.